The van der Waals surface area contributed by atoms with Crippen molar-refractivity contribution in [2.24, 2.45) is 23.8 Å². The molecule has 5 nitrogen and oxygen atoms in total. The maximum atomic E-state index is 12.4. The molecule has 2 rings (SSSR count). The number of sulfonamides is 1. The van der Waals surface area contributed by atoms with Crippen LogP contribution < -0.4 is 10.0 Å². The lowest BCUT2D eigenvalue weighted by Crippen LogP contribution is -2.27. The van der Waals surface area contributed by atoms with Gasteiger partial charge >= 0.3 is 0 Å². The standard InChI is InChI=1S/C15H27N3O2S/c1-14(2)13(15(14,3)4)9-17-21(19,20)12-7-11(8-16-5)18(6)10-12/h7,10,13,16-17H,8-9H2,1-6H3. The second-order valence-electron chi connectivity index (χ2n) is 7.16. The van der Waals surface area contributed by atoms with Crippen LogP contribution in [-0.2, 0) is 23.6 Å². The third-order valence-corrected chi connectivity index (χ3v) is 6.94. The minimum atomic E-state index is -3.43. The van der Waals surface area contributed by atoms with Crippen LogP contribution >= 0.6 is 0 Å². The summed E-state index contributed by atoms with van der Waals surface area (Å²) >= 11 is 0. The summed E-state index contributed by atoms with van der Waals surface area (Å²) in [6.45, 7) is 9.92. The number of aryl methyl sites for hydroxylation is 1. The summed E-state index contributed by atoms with van der Waals surface area (Å²) in [5.74, 6) is 0.375. The largest absolute Gasteiger partial charge is 0.352 e. The van der Waals surface area contributed by atoms with Gasteiger partial charge in [-0.3, -0.25) is 0 Å². The molecule has 1 heterocycles. The number of nitrogens with zero attached hydrogens (tertiary/aromatic N) is 1. The topological polar surface area (TPSA) is 63.1 Å². The van der Waals surface area contributed by atoms with Gasteiger partial charge in [0.1, 0.15) is 0 Å². The molecule has 0 bridgehead atoms. The predicted octanol–water partition coefficient (Wildman–Crippen LogP) is 1.70. The normalized spacial score (nSPS) is 20.7. The molecular formula is C15H27N3O2S. The molecule has 0 aromatic carbocycles. The van der Waals surface area contributed by atoms with Crippen molar-refractivity contribution < 1.29 is 8.42 Å². The average Bonchev–Trinajstić information content (AvgIpc) is 2.63. The molecule has 0 unspecified atom stereocenters. The smallest absolute Gasteiger partial charge is 0.242 e. The Labute approximate surface area is 128 Å². The van der Waals surface area contributed by atoms with Crippen molar-refractivity contribution >= 4 is 10.0 Å². The molecule has 6 heteroatoms. The fourth-order valence-corrected chi connectivity index (χ4v) is 4.34. The SMILES string of the molecule is CNCc1cc(S(=O)(=O)NCC2C(C)(C)C2(C)C)cn1C. The number of hydrogen-bond acceptors (Lipinski definition) is 3. The molecule has 2 N–H and O–H groups in total. The van der Waals surface area contributed by atoms with Crippen LogP contribution in [0.25, 0.3) is 0 Å². The minimum absolute atomic E-state index is 0.184. The van der Waals surface area contributed by atoms with E-state index in [1.807, 2.05) is 18.7 Å². The molecule has 0 saturated heterocycles. The molecule has 0 amide bonds. The first-order valence-electron chi connectivity index (χ1n) is 7.33. The summed E-state index contributed by atoms with van der Waals surface area (Å²) in [6, 6.07) is 1.72. The number of nitrogens with one attached hydrogen (secondary N) is 2. The van der Waals surface area contributed by atoms with Crippen LogP contribution in [0.3, 0.4) is 0 Å². The number of rotatable bonds is 6. The maximum Gasteiger partial charge on any atom is 0.242 e. The van der Waals surface area contributed by atoms with Gasteiger partial charge in [0.2, 0.25) is 10.0 Å². The molecule has 0 spiro atoms. The fraction of sp³-hybridized carbons (Fsp3) is 0.733. The maximum absolute atomic E-state index is 12.4. The third kappa shape index (κ3) is 2.76. The molecule has 0 atom stereocenters. The van der Waals surface area contributed by atoms with E-state index in [1.165, 1.54) is 0 Å². The van der Waals surface area contributed by atoms with E-state index in [0.717, 1.165) is 5.69 Å². The lowest BCUT2D eigenvalue weighted by atomic mass is 10.0. The van der Waals surface area contributed by atoms with Gasteiger partial charge in [-0.2, -0.15) is 0 Å². The minimum Gasteiger partial charge on any atom is -0.352 e. The second kappa shape index (κ2) is 5.11. The summed E-state index contributed by atoms with van der Waals surface area (Å²) in [5, 5.41) is 3.04. The van der Waals surface area contributed by atoms with Crippen LogP contribution in [-0.4, -0.2) is 26.6 Å². The van der Waals surface area contributed by atoms with Gasteiger partial charge < -0.3 is 9.88 Å². The van der Waals surface area contributed by atoms with Gasteiger partial charge in [0.25, 0.3) is 0 Å². The van der Waals surface area contributed by atoms with E-state index < -0.39 is 10.0 Å². The van der Waals surface area contributed by atoms with Crippen molar-refractivity contribution in [1.82, 2.24) is 14.6 Å². The Hall–Kier alpha value is -0.850. The van der Waals surface area contributed by atoms with E-state index in [9.17, 15) is 8.42 Å². The van der Waals surface area contributed by atoms with Crippen molar-refractivity contribution in [2.45, 2.75) is 39.1 Å². The van der Waals surface area contributed by atoms with Gasteiger partial charge in [-0.15, -0.1) is 0 Å². The predicted molar refractivity (Wildman–Crippen MR) is 84.4 cm³/mol. The van der Waals surface area contributed by atoms with E-state index in [4.69, 9.17) is 0 Å². The molecule has 0 radical (unpaired) electrons. The highest BCUT2D eigenvalue weighted by Crippen LogP contribution is 2.67. The molecule has 120 valence electrons. The second-order valence-corrected chi connectivity index (χ2v) is 8.92. The Bertz CT molecular complexity index is 615. The Kier molecular flexibility index (Phi) is 4.02. The average molecular weight is 313 g/mol. The Balaban J connectivity index is 2.08. The first-order valence-corrected chi connectivity index (χ1v) is 8.82. The van der Waals surface area contributed by atoms with Gasteiger partial charge in [-0.25, -0.2) is 13.1 Å². The molecule has 0 aliphatic heterocycles. The lowest BCUT2D eigenvalue weighted by Gasteiger charge is -2.06. The van der Waals surface area contributed by atoms with E-state index in [2.05, 4.69) is 37.7 Å². The molecule has 1 saturated carbocycles. The molecular weight excluding hydrogens is 286 g/mol. The lowest BCUT2D eigenvalue weighted by molar-refractivity contribution is 0.457. The van der Waals surface area contributed by atoms with Crippen LogP contribution in [0, 0.1) is 16.7 Å². The van der Waals surface area contributed by atoms with Crippen LogP contribution in [0.5, 0.6) is 0 Å². The molecule has 1 fully saturated rings. The zero-order valence-electron chi connectivity index (χ0n) is 13.8. The van der Waals surface area contributed by atoms with Crippen molar-refractivity contribution in [3.8, 4) is 0 Å². The molecule has 21 heavy (non-hydrogen) atoms. The summed E-state index contributed by atoms with van der Waals surface area (Å²) in [4.78, 5) is 0.339. The summed E-state index contributed by atoms with van der Waals surface area (Å²) in [7, 11) is 0.270. The molecule has 1 aromatic heterocycles. The third-order valence-electron chi connectivity index (χ3n) is 5.55. The summed E-state index contributed by atoms with van der Waals surface area (Å²) in [5.41, 5.74) is 1.32. The Morgan fingerprint density at radius 3 is 2.29 bits per heavy atom. The van der Waals surface area contributed by atoms with Crippen LogP contribution in [0.1, 0.15) is 33.4 Å². The molecule has 1 aromatic rings. The van der Waals surface area contributed by atoms with E-state index in [0.29, 0.717) is 23.9 Å². The Morgan fingerprint density at radius 1 is 1.24 bits per heavy atom. The first-order chi connectivity index (χ1) is 9.54. The number of aromatic nitrogens is 1. The zero-order chi connectivity index (χ0) is 16.1. The van der Waals surface area contributed by atoms with E-state index >= 15 is 0 Å². The van der Waals surface area contributed by atoms with Gasteiger partial charge in [-0.05, 0) is 29.9 Å². The highest BCUT2D eigenvalue weighted by Gasteiger charge is 2.64. The van der Waals surface area contributed by atoms with Crippen molar-refractivity contribution in [2.75, 3.05) is 13.6 Å². The highest BCUT2D eigenvalue weighted by atomic mass is 32.2. The number of hydrogen-bond donors (Lipinski definition) is 2. The van der Waals surface area contributed by atoms with Gasteiger partial charge in [0.05, 0.1) is 4.90 Å². The highest BCUT2D eigenvalue weighted by molar-refractivity contribution is 7.89. The summed E-state index contributed by atoms with van der Waals surface area (Å²) < 4.78 is 29.4. The van der Waals surface area contributed by atoms with E-state index in [1.54, 1.807) is 12.3 Å². The zero-order valence-corrected chi connectivity index (χ0v) is 14.6. The quantitative estimate of drug-likeness (QED) is 0.840. The van der Waals surface area contributed by atoms with Crippen LogP contribution in [0.4, 0.5) is 0 Å². The first kappa shape index (κ1) is 16.5. The van der Waals surface area contributed by atoms with Crippen molar-refractivity contribution in [3.05, 3.63) is 18.0 Å². The van der Waals surface area contributed by atoms with Gasteiger partial charge in [0, 0.05) is 32.0 Å². The molecule has 1 aliphatic rings. The van der Waals surface area contributed by atoms with E-state index in [-0.39, 0.29) is 10.8 Å². The Morgan fingerprint density at radius 2 is 1.81 bits per heavy atom. The monoisotopic (exact) mass is 313 g/mol. The van der Waals surface area contributed by atoms with Gasteiger partial charge in [-0.1, -0.05) is 27.7 Å². The van der Waals surface area contributed by atoms with Crippen molar-refractivity contribution in [3.63, 3.8) is 0 Å². The van der Waals surface area contributed by atoms with Crippen LogP contribution in [0.15, 0.2) is 17.2 Å². The molecule has 1 aliphatic carbocycles. The van der Waals surface area contributed by atoms with Crippen LogP contribution in [0.2, 0.25) is 0 Å². The van der Waals surface area contributed by atoms with Gasteiger partial charge in [0.15, 0.2) is 0 Å². The fourth-order valence-electron chi connectivity index (χ4n) is 3.20. The van der Waals surface area contributed by atoms with Crippen molar-refractivity contribution in [1.29, 1.82) is 0 Å². The summed E-state index contributed by atoms with van der Waals surface area (Å²) in [6.07, 6.45) is 1.66.